The highest BCUT2D eigenvalue weighted by Gasteiger charge is 2.26. The third kappa shape index (κ3) is 2.63. The van der Waals surface area contributed by atoms with Gasteiger partial charge in [0.15, 0.2) is 0 Å². The summed E-state index contributed by atoms with van der Waals surface area (Å²) in [6.07, 6.45) is 0.977. The Morgan fingerprint density at radius 1 is 1.28 bits per heavy atom. The van der Waals surface area contributed by atoms with Crippen molar-refractivity contribution in [2.75, 3.05) is 26.3 Å². The Morgan fingerprint density at radius 3 is 2.96 bits per heavy atom. The van der Waals surface area contributed by atoms with E-state index in [0.717, 1.165) is 45.0 Å². The molecule has 1 aliphatic carbocycles. The largest absolute Gasteiger partial charge is 0.379 e. The van der Waals surface area contributed by atoms with Crippen LogP contribution in [0.1, 0.15) is 22.3 Å². The number of aromatic nitrogens is 2. The summed E-state index contributed by atoms with van der Waals surface area (Å²) < 4.78 is 5.47. The van der Waals surface area contributed by atoms with Crippen molar-refractivity contribution in [2.24, 2.45) is 0 Å². The summed E-state index contributed by atoms with van der Waals surface area (Å²) in [5.41, 5.74) is 10.4. The quantitative estimate of drug-likeness (QED) is 0.609. The molecule has 2 aromatic heterocycles. The number of hydrogen-bond acceptors (Lipinski definition) is 4. The lowest BCUT2D eigenvalue weighted by Gasteiger charge is -2.27. The topological polar surface area (TPSA) is 41.1 Å². The fraction of sp³-hybridized carbons (Fsp3) is 0.350. The number of morpholine rings is 1. The molecule has 1 saturated heterocycles. The maximum absolute atomic E-state index is 5.47. The average molecular weight is 351 g/mol. The molecular formula is C20H21N3OS. The van der Waals surface area contributed by atoms with Crippen molar-refractivity contribution in [3.63, 3.8) is 0 Å². The van der Waals surface area contributed by atoms with Gasteiger partial charge in [0, 0.05) is 48.1 Å². The molecule has 5 heteroatoms. The minimum absolute atomic E-state index is 0.846. The fourth-order valence-corrected chi connectivity index (χ4v) is 4.59. The number of fused-ring (bicyclic) bond motifs is 3. The molecule has 0 saturated carbocycles. The SMILES string of the molecule is Cc1cc2c(cc1CN1CCOCC1)-c1[nH]nc(-c3ccsc3)c1C2. The molecular weight excluding hydrogens is 330 g/mol. The molecule has 0 radical (unpaired) electrons. The second-order valence-corrected chi connectivity index (χ2v) is 7.72. The number of nitrogens with zero attached hydrogens (tertiary/aromatic N) is 2. The monoisotopic (exact) mass is 351 g/mol. The van der Waals surface area contributed by atoms with Crippen LogP contribution in [-0.4, -0.2) is 41.4 Å². The van der Waals surface area contributed by atoms with Crippen molar-refractivity contribution in [2.45, 2.75) is 19.9 Å². The van der Waals surface area contributed by atoms with E-state index in [1.165, 1.54) is 39.1 Å². The lowest BCUT2D eigenvalue weighted by atomic mass is 9.99. The molecule has 0 spiro atoms. The van der Waals surface area contributed by atoms with E-state index in [1.807, 2.05) is 0 Å². The highest BCUT2D eigenvalue weighted by atomic mass is 32.1. The van der Waals surface area contributed by atoms with Crippen molar-refractivity contribution in [3.8, 4) is 22.5 Å². The van der Waals surface area contributed by atoms with Gasteiger partial charge in [0.25, 0.3) is 0 Å². The summed E-state index contributed by atoms with van der Waals surface area (Å²) in [6, 6.07) is 6.90. The normalized spacial score (nSPS) is 16.8. The summed E-state index contributed by atoms with van der Waals surface area (Å²) in [5, 5.41) is 12.2. The van der Waals surface area contributed by atoms with Crippen molar-refractivity contribution in [1.29, 1.82) is 0 Å². The highest BCUT2D eigenvalue weighted by Crippen LogP contribution is 2.41. The van der Waals surface area contributed by atoms with Crippen molar-refractivity contribution in [3.05, 3.63) is 51.2 Å². The number of aryl methyl sites for hydroxylation is 1. The zero-order chi connectivity index (χ0) is 16.8. The maximum Gasteiger partial charge on any atom is 0.0970 e. The van der Waals surface area contributed by atoms with Crippen LogP contribution in [0, 0.1) is 6.92 Å². The first kappa shape index (κ1) is 15.3. The van der Waals surface area contributed by atoms with Gasteiger partial charge in [-0.25, -0.2) is 0 Å². The van der Waals surface area contributed by atoms with Crippen molar-refractivity contribution >= 4 is 11.3 Å². The minimum Gasteiger partial charge on any atom is -0.379 e. The van der Waals surface area contributed by atoms with Crippen LogP contribution in [0.2, 0.25) is 0 Å². The minimum atomic E-state index is 0.846. The van der Waals surface area contributed by atoms with E-state index >= 15 is 0 Å². The third-order valence-corrected chi connectivity index (χ3v) is 6.04. The predicted octanol–water partition coefficient (Wildman–Crippen LogP) is 3.85. The molecule has 3 aromatic rings. The van der Waals surface area contributed by atoms with Gasteiger partial charge in [0.2, 0.25) is 0 Å². The first-order valence-electron chi connectivity index (χ1n) is 8.82. The first-order chi connectivity index (χ1) is 12.3. The fourth-order valence-electron chi connectivity index (χ4n) is 3.95. The zero-order valence-corrected chi connectivity index (χ0v) is 15.2. The molecule has 0 unspecified atom stereocenters. The second kappa shape index (κ2) is 6.09. The third-order valence-electron chi connectivity index (χ3n) is 5.36. The molecule has 2 aliphatic rings. The molecule has 1 aliphatic heterocycles. The van der Waals surface area contributed by atoms with Gasteiger partial charge in [-0.3, -0.25) is 10.00 Å². The summed E-state index contributed by atoms with van der Waals surface area (Å²) in [4.78, 5) is 2.48. The Hall–Kier alpha value is -1.95. The van der Waals surface area contributed by atoms with E-state index in [1.54, 1.807) is 11.3 Å². The molecule has 4 nitrogen and oxygen atoms in total. The van der Waals surface area contributed by atoms with Crippen LogP contribution in [0.3, 0.4) is 0 Å². The lowest BCUT2D eigenvalue weighted by Crippen LogP contribution is -2.35. The summed E-state index contributed by atoms with van der Waals surface area (Å²) >= 11 is 1.72. The number of rotatable bonds is 3. The highest BCUT2D eigenvalue weighted by molar-refractivity contribution is 7.08. The molecule has 1 aromatic carbocycles. The molecule has 0 bridgehead atoms. The van der Waals surface area contributed by atoms with E-state index in [4.69, 9.17) is 4.74 Å². The van der Waals surface area contributed by atoms with Gasteiger partial charge in [-0.15, -0.1) is 0 Å². The van der Waals surface area contributed by atoms with Crippen LogP contribution in [0.4, 0.5) is 0 Å². The van der Waals surface area contributed by atoms with Gasteiger partial charge in [-0.2, -0.15) is 16.4 Å². The van der Waals surface area contributed by atoms with Crippen LogP contribution in [0.25, 0.3) is 22.5 Å². The molecule has 0 atom stereocenters. The molecule has 128 valence electrons. The van der Waals surface area contributed by atoms with Gasteiger partial charge < -0.3 is 4.74 Å². The average Bonchev–Trinajstić information content (AvgIpc) is 3.33. The summed E-state index contributed by atoms with van der Waals surface area (Å²) in [5.74, 6) is 0. The lowest BCUT2D eigenvalue weighted by molar-refractivity contribution is 0.0341. The van der Waals surface area contributed by atoms with E-state index in [9.17, 15) is 0 Å². The second-order valence-electron chi connectivity index (χ2n) is 6.94. The Kier molecular flexibility index (Phi) is 3.73. The molecule has 1 fully saturated rings. The van der Waals surface area contributed by atoms with E-state index in [2.05, 4.69) is 51.0 Å². The van der Waals surface area contributed by atoms with Crippen molar-refractivity contribution in [1.82, 2.24) is 15.1 Å². The standard InChI is InChI=1S/C20H21N3OS/c1-13-8-15-9-18-19(14-2-7-25-12-14)21-22-20(18)17(15)10-16(13)11-23-3-5-24-6-4-23/h2,7-8,10,12H,3-6,9,11H2,1H3,(H,21,22). The number of H-pyrrole nitrogens is 1. The predicted molar refractivity (Wildman–Crippen MR) is 101 cm³/mol. The zero-order valence-electron chi connectivity index (χ0n) is 14.3. The van der Waals surface area contributed by atoms with Crippen LogP contribution in [-0.2, 0) is 17.7 Å². The number of aromatic amines is 1. The van der Waals surface area contributed by atoms with Gasteiger partial charge in [0.05, 0.1) is 24.6 Å². The summed E-state index contributed by atoms with van der Waals surface area (Å²) in [7, 11) is 0. The van der Waals surface area contributed by atoms with Crippen LogP contribution >= 0.6 is 11.3 Å². The Morgan fingerprint density at radius 2 is 2.16 bits per heavy atom. The van der Waals surface area contributed by atoms with Gasteiger partial charge in [-0.05, 0) is 41.1 Å². The Balaban J connectivity index is 1.50. The number of hydrogen-bond donors (Lipinski definition) is 1. The van der Waals surface area contributed by atoms with Gasteiger partial charge >= 0.3 is 0 Å². The number of nitrogens with one attached hydrogen (secondary N) is 1. The smallest absolute Gasteiger partial charge is 0.0970 e. The molecule has 25 heavy (non-hydrogen) atoms. The van der Waals surface area contributed by atoms with Crippen LogP contribution < -0.4 is 0 Å². The number of ether oxygens (including phenoxy) is 1. The van der Waals surface area contributed by atoms with Gasteiger partial charge in [0.1, 0.15) is 0 Å². The van der Waals surface area contributed by atoms with E-state index < -0.39 is 0 Å². The van der Waals surface area contributed by atoms with Crippen LogP contribution in [0.5, 0.6) is 0 Å². The summed E-state index contributed by atoms with van der Waals surface area (Å²) in [6.45, 7) is 6.98. The molecule has 5 rings (SSSR count). The number of benzene rings is 1. The first-order valence-corrected chi connectivity index (χ1v) is 9.76. The van der Waals surface area contributed by atoms with E-state index in [-0.39, 0.29) is 0 Å². The van der Waals surface area contributed by atoms with Crippen molar-refractivity contribution < 1.29 is 4.74 Å². The molecule has 1 N–H and O–H groups in total. The van der Waals surface area contributed by atoms with E-state index in [0.29, 0.717) is 0 Å². The molecule has 3 heterocycles. The Labute approximate surface area is 151 Å². The maximum atomic E-state index is 5.47. The van der Waals surface area contributed by atoms with Crippen LogP contribution in [0.15, 0.2) is 29.0 Å². The Bertz CT molecular complexity index is 907. The van der Waals surface area contributed by atoms with Gasteiger partial charge in [-0.1, -0.05) is 6.07 Å². The molecule has 0 amide bonds. The number of thiophene rings is 1.